The van der Waals surface area contributed by atoms with E-state index < -0.39 is 5.79 Å². The Labute approximate surface area is 223 Å². The third-order valence-electron chi connectivity index (χ3n) is 6.93. The molecule has 1 fully saturated rings. The van der Waals surface area contributed by atoms with Crippen molar-refractivity contribution in [1.29, 1.82) is 0 Å². The van der Waals surface area contributed by atoms with Crippen molar-refractivity contribution < 1.29 is 9.47 Å². The molecule has 7 rings (SSSR count). The van der Waals surface area contributed by atoms with Crippen LogP contribution in [0.2, 0.25) is 0 Å². The molecule has 0 unspecified atom stereocenters. The summed E-state index contributed by atoms with van der Waals surface area (Å²) in [6, 6.07) is 29.1. The lowest BCUT2D eigenvalue weighted by atomic mass is 9.98. The molecule has 4 nitrogen and oxygen atoms in total. The summed E-state index contributed by atoms with van der Waals surface area (Å²) in [7, 11) is 0. The molecule has 37 heavy (non-hydrogen) atoms. The van der Waals surface area contributed by atoms with E-state index in [1.165, 1.54) is 0 Å². The molecule has 2 aromatic heterocycles. The highest BCUT2D eigenvalue weighted by Gasteiger charge is 2.52. The molecule has 0 atom stereocenters. The summed E-state index contributed by atoms with van der Waals surface area (Å²) in [5, 5.41) is 2.00. The number of ether oxygens (including phenoxy) is 2. The van der Waals surface area contributed by atoms with Gasteiger partial charge < -0.3 is 9.47 Å². The number of aromatic nitrogens is 2. The van der Waals surface area contributed by atoms with Gasteiger partial charge in [0.15, 0.2) is 0 Å². The van der Waals surface area contributed by atoms with Crippen LogP contribution in [-0.2, 0) is 15.3 Å². The van der Waals surface area contributed by atoms with Gasteiger partial charge in [-0.1, -0.05) is 84.9 Å². The SMILES string of the molecule is Cc1sc(-c2ccccc2)nc1C1=C(c2nc(-c3ccccc3)sc2C)C2(OCCO2)c2ccccc21. The number of hydrogen-bond acceptors (Lipinski definition) is 6. The smallest absolute Gasteiger partial charge is 0.225 e. The summed E-state index contributed by atoms with van der Waals surface area (Å²) < 4.78 is 13.0. The Balaban J connectivity index is 1.51. The number of rotatable bonds is 4. The highest BCUT2D eigenvalue weighted by Crippen LogP contribution is 2.57. The van der Waals surface area contributed by atoms with Crippen LogP contribution in [0, 0.1) is 13.8 Å². The quantitative estimate of drug-likeness (QED) is 0.243. The van der Waals surface area contributed by atoms with E-state index in [4.69, 9.17) is 19.4 Å². The number of hydrogen-bond donors (Lipinski definition) is 0. The molecule has 0 saturated carbocycles. The second-order valence-electron chi connectivity index (χ2n) is 9.19. The summed E-state index contributed by atoms with van der Waals surface area (Å²) in [6.45, 7) is 5.35. The van der Waals surface area contributed by atoms with Gasteiger partial charge in [0.05, 0.1) is 30.2 Å². The van der Waals surface area contributed by atoms with E-state index in [2.05, 4.69) is 86.6 Å². The third kappa shape index (κ3) is 3.55. The van der Waals surface area contributed by atoms with Crippen molar-refractivity contribution in [2.75, 3.05) is 13.2 Å². The van der Waals surface area contributed by atoms with Crippen LogP contribution in [0.15, 0.2) is 84.9 Å². The standard InChI is InChI=1S/C31H24N2O2S2/c1-19-27(32-29(36-19)21-11-5-3-6-12-21)25-23-15-9-10-16-24(23)31(34-17-18-35-31)26(25)28-20(2)37-30(33-28)22-13-7-4-8-14-22/h3-16H,17-18H2,1-2H3. The average Bonchev–Trinajstić information content (AvgIpc) is 3.72. The van der Waals surface area contributed by atoms with Crippen molar-refractivity contribution in [3.8, 4) is 21.1 Å². The van der Waals surface area contributed by atoms with Crippen LogP contribution in [0.25, 0.3) is 32.3 Å². The predicted octanol–water partition coefficient (Wildman–Crippen LogP) is 7.72. The number of thiazole rings is 2. The van der Waals surface area contributed by atoms with Crippen LogP contribution in [-0.4, -0.2) is 23.2 Å². The van der Waals surface area contributed by atoms with Gasteiger partial charge in [0, 0.05) is 32.0 Å². The molecule has 182 valence electrons. The van der Waals surface area contributed by atoms with Gasteiger partial charge in [0.25, 0.3) is 0 Å². The first-order valence-corrected chi connectivity index (χ1v) is 14.0. The Hall–Kier alpha value is -3.42. The third-order valence-corrected chi connectivity index (χ3v) is 8.97. The fourth-order valence-electron chi connectivity index (χ4n) is 5.32. The van der Waals surface area contributed by atoms with E-state index in [-0.39, 0.29) is 0 Å². The van der Waals surface area contributed by atoms with Crippen LogP contribution in [0.5, 0.6) is 0 Å². The molecule has 2 aliphatic rings. The maximum Gasteiger partial charge on any atom is 0.225 e. The molecule has 0 amide bonds. The van der Waals surface area contributed by atoms with Crippen molar-refractivity contribution in [3.63, 3.8) is 0 Å². The van der Waals surface area contributed by atoms with Crippen LogP contribution in [0.4, 0.5) is 0 Å². The Bertz CT molecular complexity index is 1650. The lowest BCUT2D eigenvalue weighted by Gasteiger charge is -2.27. The molecule has 0 bridgehead atoms. The van der Waals surface area contributed by atoms with Crippen LogP contribution < -0.4 is 0 Å². The largest absolute Gasteiger partial charge is 0.340 e. The molecule has 5 aromatic rings. The second-order valence-corrected chi connectivity index (χ2v) is 11.6. The van der Waals surface area contributed by atoms with E-state index in [1.807, 2.05) is 12.1 Å². The van der Waals surface area contributed by atoms with Gasteiger partial charge in [-0.2, -0.15) is 0 Å². The minimum absolute atomic E-state index is 0.533. The highest BCUT2D eigenvalue weighted by molar-refractivity contribution is 7.15. The van der Waals surface area contributed by atoms with E-state index >= 15 is 0 Å². The zero-order chi connectivity index (χ0) is 25.0. The topological polar surface area (TPSA) is 44.2 Å². The van der Waals surface area contributed by atoms with Gasteiger partial charge in [0.2, 0.25) is 5.79 Å². The van der Waals surface area contributed by atoms with E-state index in [0.717, 1.165) is 64.6 Å². The monoisotopic (exact) mass is 520 g/mol. The first-order chi connectivity index (χ1) is 18.2. The van der Waals surface area contributed by atoms with Crippen molar-refractivity contribution in [2.24, 2.45) is 0 Å². The second kappa shape index (κ2) is 8.85. The van der Waals surface area contributed by atoms with E-state index in [9.17, 15) is 0 Å². The van der Waals surface area contributed by atoms with Crippen LogP contribution in [0.3, 0.4) is 0 Å². The maximum absolute atomic E-state index is 6.51. The molecule has 3 heterocycles. The van der Waals surface area contributed by atoms with Gasteiger partial charge in [0.1, 0.15) is 10.0 Å². The molecular weight excluding hydrogens is 496 g/mol. The zero-order valence-electron chi connectivity index (χ0n) is 20.5. The molecule has 0 N–H and O–H groups in total. The lowest BCUT2D eigenvalue weighted by Crippen LogP contribution is -2.27. The molecule has 0 radical (unpaired) electrons. The lowest BCUT2D eigenvalue weighted by molar-refractivity contribution is -0.111. The van der Waals surface area contributed by atoms with Crippen molar-refractivity contribution in [2.45, 2.75) is 19.6 Å². The summed E-state index contributed by atoms with van der Waals surface area (Å²) in [5.41, 5.74) is 8.27. The van der Waals surface area contributed by atoms with Gasteiger partial charge in [-0.25, -0.2) is 9.97 Å². The summed E-state index contributed by atoms with van der Waals surface area (Å²) in [6.07, 6.45) is 0. The fraction of sp³-hybridized carbons (Fsp3) is 0.161. The molecule has 1 aliphatic heterocycles. The zero-order valence-corrected chi connectivity index (χ0v) is 22.2. The minimum atomic E-state index is -0.984. The number of benzene rings is 3. The normalized spacial score (nSPS) is 16.1. The van der Waals surface area contributed by atoms with Crippen LogP contribution >= 0.6 is 22.7 Å². The number of aryl methyl sites for hydroxylation is 2. The summed E-state index contributed by atoms with van der Waals surface area (Å²) in [5.74, 6) is -0.984. The first-order valence-electron chi connectivity index (χ1n) is 12.3. The fourth-order valence-corrected chi connectivity index (χ4v) is 7.17. The average molecular weight is 521 g/mol. The Morgan fingerprint density at radius 2 is 1.16 bits per heavy atom. The molecular formula is C31H24N2O2S2. The summed E-state index contributed by atoms with van der Waals surface area (Å²) >= 11 is 3.42. The Kier molecular flexibility index (Phi) is 5.44. The van der Waals surface area contributed by atoms with E-state index in [0.29, 0.717) is 13.2 Å². The first kappa shape index (κ1) is 22.8. The predicted molar refractivity (Wildman–Crippen MR) is 151 cm³/mol. The van der Waals surface area contributed by atoms with Crippen molar-refractivity contribution in [3.05, 3.63) is 117 Å². The molecule has 1 saturated heterocycles. The van der Waals surface area contributed by atoms with E-state index in [1.54, 1.807) is 22.7 Å². The molecule has 1 spiro atoms. The van der Waals surface area contributed by atoms with Gasteiger partial charge in [-0.15, -0.1) is 22.7 Å². The number of fused-ring (bicyclic) bond motifs is 2. The van der Waals surface area contributed by atoms with Gasteiger partial charge >= 0.3 is 0 Å². The summed E-state index contributed by atoms with van der Waals surface area (Å²) in [4.78, 5) is 12.7. The Morgan fingerprint density at radius 1 is 0.649 bits per heavy atom. The van der Waals surface area contributed by atoms with Gasteiger partial charge in [-0.3, -0.25) is 0 Å². The Morgan fingerprint density at radius 3 is 1.78 bits per heavy atom. The van der Waals surface area contributed by atoms with Crippen molar-refractivity contribution in [1.82, 2.24) is 9.97 Å². The number of nitrogens with zero attached hydrogens (tertiary/aromatic N) is 2. The van der Waals surface area contributed by atoms with Crippen LogP contribution in [0.1, 0.15) is 32.3 Å². The molecule has 3 aromatic carbocycles. The maximum atomic E-state index is 6.51. The molecule has 6 heteroatoms. The molecule has 1 aliphatic carbocycles. The minimum Gasteiger partial charge on any atom is -0.340 e. The highest BCUT2D eigenvalue weighted by atomic mass is 32.1. The van der Waals surface area contributed by atoms with Crippen molar-refractivity contribution >= 4 is 33.8 Å². The van der Waals surface area contributed by atoms with Gasteiger partial charge in [-0.05, 0) is 19.4 Å².